The first kappa shape index (κ1) is 26.3. The monoisotopic (exact) mass is 548 g/mol. The Balaban J connectivity index is 1.06. The van der Waals surface area contributed by atoms with Crippen molar-refractivity contribution in [3.8, 4) is 5.75 Å². The molecule has 3 saturated heterocycles. The average molecular weight is 549 g/mol. The van der Waals surface area contributed by atoms with E-state index in [1.807, 2.05) is 4.90 Å². The van der Waals surface area contributed by atoms with E-state index in [0.29, 0.717) is 23.7 Å². The number of carbonyl (C=O) groups is 1. The third kappa shape index (κ3) is 4.82. The van der Waals surface area contributed by atoms with Crippen molar-refractivity contribution < 1.29 is 9.90 Å². The Bertz CT molecular complexity index is 1510. The predicted molar refractivity (Wildman–Crippen MR) is 162 cm³/mol. The lowest BCUT2D eigenvalue weighted by Gasteiger charge is -2.45. The molecule has 6 nitrogen and oxygen atoms in total. The van der Waals surface area contributed by atoms with Crippen molar-refractivity contribution in [2.45, 2.75) is 75.4 Å². The fraction of sp³-hybridized carbons (Fsp3) is 0.429. The van der Waals surface area contributed by atoms with Crippen LogP contribution >= 0.6 is 0 Å². The maximum Gasteiger partial charge on any atom is 0.253 e. The average Bonchev–Trinajstić information content (AvgIpc) is 3.47. The Morgan fingerprint density at radius 1 is 0.878 bits per heavy atom. The maximum absolute atomic E-state index is 13.2. The van der Waals surface area contributed by atoms with Gasteiger partial charge in [0.1, 0.15) is 11.6 Å². The summed E-state index contributed by atoms with van der Waals surface area (Å²) in [7, 11) is 0. The molecule has 41 heavy (non-hydrogen) atoms. The highest BCUT2D eigenvalue weighted by atomic mass is 16.3. The van der Waals surface area contributed by atoms with Crippen LogP contribution in [0.4, 0.5) is 0 Å². The zero-order valence-corrected chi connectivity index (χ0v) is 24.0. The SMILES string of the molecule is Cc1nc2ccccc2n1C1CC2CCC(C1)N2CCC1(c2ccccc2)CCN(C(=O)c2ccc(O)cc2)CC1. The van der Waals surface area contributed by atoms with Gasteiger partial charge in [-0.2, -0.15) is 0 Å². The first-order valence-corrected chi connectivity index (χ1v) is 15.3. The van der Waals surface area contributed by atoms with Crippen molar-refractivity contribution in [2.75, 3.05) is 19.6 Å². The third-order valence-electron chi connectivity index (χ3n) is 10.4. The molecule has 7 rings (SSSR count). The molecule has 212 valence electrons. The Morgan fingerprint density at radius 3 is 2.24 bits per heavy atom. The van der Waals surface area contributed by atoms with Crippen LogP contribution < -0.4 is 0 Å². The molecule has 3 aliphatic rings. The molecule has 2 atom stereocenters. The number of hydrogen-bond acceptors (Lipinski definition) is 4. The summed E-state index contributed by atoms with van der Waals surface area (Å²) in [5.74, 6) is 1.39. The molecule has 4 heterocycles. The number of nitrogens with zero attached hydrogens (tertiary/aromatic N) is 4. The molecule has 2 unspecified atom stereocenters. The molecule has 0 radical (unpaired) electrons. The van der Waals surface area contributed by atoms with Crippen LogP contribution in [0, 0.1) is 6.92 Å². The number of amides is 1. The maximum atomic E-state index is 13.2. The number of rotatable bonds is 6. The third-order valence-corrected chi connectivity index (χ3v) is 10.4. The van der Waals surface area contributed by atoms with E-state index in [1.165, 1.54) is 36.8 Å². The number of aromatic hydroxyl groups is 1. The van der Waals surface area contributed by atoms with Gasteiger partial charge in [0.15, 0.2) is 0 Å². The van der Waals surface area contributed by atoms with Gasteiger partial charge in [-0.1, -0.05) is 42.5 Å². The number of likely N-dealkylation sites (tertiary alicyclic amines) is 1. The smallest absolute Gasteiger partial charge is 0.253 e. The molecule has 3 fully saturated rings. The molecule has 0 saturated carbocycles. The summed E-state index contributed by atoms with van der Waals surface area (Å²) in [6, 6.07) is 28.0. The summed E-state index contributed by atoms with van der Waals surface area (Å²) in [4.78, 5) is 22.9. The predicted octanol–water partition coefficient (Wildman–Crippen LogP) is 6.48. The summed E-state index contributed by atoms with van der Waals surface area (Å²) < 4.78 is 2.52. The largest absolute Gasteiger partial charge is 0.508 e. The van der Waals surface area contributed by atoms with E-state index >= 15 is 0 Å². The molecule has 0 aliphatic carbocycles. The number of phenols is 1. The van der Waals surface area contributed by atoms with E-state index in [1.54, 1.807) is 24.3 Å². The van der Waals surface area contributed by atoms with Gasteiger partial charge in [0.25, 0.3) is 5.91 Å². The molecule has 2 bridgehead atoms. The molecule has 1 amide bonds. The summed E-state index contributed by atoms with van der Waals surface area (Å²) >= 11 is 0. The van der Waals surface area contributed by atoms with Gasteiger partial charge in [-0.25, -0.2) is 4.98 Å². The van der Waals surface area contributed by atoms with E-state index < -0.39 is 0 Å². The molecule has 4 aromatic rings. The van der Waals surface area contributed by atoms with E-state index in [2.05, 4.69) is 71.0 Å². The number of phenolic OH excluding ortho intramolecular Hbond substituents is 1. The van der Waals surface area contributed by atoms with Crippen LogP contribution in [0.1, 0.15) is 72.7 Å². The Labute approximate surface area is 242 Å². The number of fused-ring (bicyclic) bond motifs is 3. The number of aromatic nitrogens is 2. The second-order valence-corrected chi connectivity index (χ2v) is 12.5. The van der Waals surface area contributed by atoms with E-state index in [4.69, 9.17) is 4.98 Å². The van der Waals surface area contributed by atoms with Crippen LogP contribution in [0.3, 0.4) is 0 Å². The van der Waals surface area contributed by atoms with Crippen LogP contribution in [0.2, 0.25) is 0 Å². The molecule has 0 spiro atoms. The van der Waals surface area contributed by atoms with Gasteiger partial charge in [0.2, 0.25) is 0 Å². The van der Waals surface area contributed by atoms with Gasteiger partial charge < -0.3 is 14.6 Å². The highest BCUT2D eigenvalue weighted by Gasteiger charge is 2.44. The van der Waals surface area contributed by atoms with E-state index in [0.717, 1.165) is 50.2 Å². The lowest BCUT2D eigenvalue weighted by atomic mass is 9.70. The number of aryl methyl sites for hydroxylation is 1. The highest BCUT2D eigenvalue weighted by Crippen LogP contribution is 2.45. The minimum absolute atomic E-state index is 0.0640. The van der Waals surface area contributed by atoms with Gasteiger partial charge in [-0.3, -0.25) is 9.69 Å². The molecule has 1 aromatic heterocycles. The van der Waals surface area contributed by atoms with Crippen molar-refractivity contribution in [3.63, 3.8) is 0 Å². The second kappa shape index (κ2) is 10.6. The number of imidazole rings is 1. The van der Waals surface area contributed by atoms with Crippen molar-refractivity contribution in [3.05, 3.63) is 95.8 Å². The summed E-state index contributed by atoms with van der Waals surface area (Å²) in [6.07, 6.45) is 8.07. The fourth-order valence-corrected chi connectivity index (χ4v) is 8.19. The molecule has 3 aliphatic heterocycles. The molecular formula is C35H40N4O2. The molecule has 1 N–H and O–H groups in total. The van der Waals surface area contributed by atoms with Crippen molar-refractivity contribution in [1.82, 2.24) is 19.4 Å². The minimum atomic E-state index is 0.0640. The van der Waals surface area contributed by atoms with Crippen LogP contribution in [-0.4, -0.2) is 62.1 Å². The number of benzene rings is 3. The van der Waals surface area contributed by atoms with Crippen LogP contribution in [0.5, 0.6) is 5.75 Å². The van der Waals surface area contributed by atoms with Gasteiger partial charge in [-0.05, 0) is 106 Å². The standard InChI is InChI=1S/C35H40N4O2/c1-25-36-32-9-5-6-10-33(32)39(25)30-23-28-13-14-29(24-30)38(28)22-19-35(27-7-3-2-4-8-27)17-20-37(21-18-35)34(41)26-11-15-31(40)16-12-26/h2-12,15-16,28-30,40H,13-14,17-24H2,1H3. The fourth-order valence-electron chi connectivity index (χ4n) is 8.19. The Kier molecular flexibility index (Phi) is 6.82. The number of hydrogen-bond donors (Lipinski definition) is 1. The minimum Gasteiger partial charge on any atom is -0.508 e. The lowest BCUT2D eigenvalue weighted by Crippen LogP contribution is -2.49. The van der Waals surface area contributed by atoms with Crippen molar-refractivity contribution in [1.29, 1.82) is 0 Å². The zero-order chi connectivity index (χ0) is 28.0. The van der Waals surface area contributed by atoms with Crippen LogP contribution in [-0.2, 0) is 5.41 Å². The van der Waals surface area contributed by atoms with Gasteiger partial charge in [-0.15, -0.1) is 0 Å². The summed E-state index contributed by atoms with van der Waals surface area (Å²) in [5, 5.41) is 9.64. The molecular weight excluding hydrogens is 508 g/mol. The summed E-state index contributed by atoms with van der Waals surface area (Å²) in [6.45, 7) is 4.80. The van der Waals surface area contributed by atoms with Crippen molar-refractivity contribution >= 4 is 16.9 Å². The highest BCUT2D eigenvalue weighted by molar-refractivity contribution is 5.94. The van der Waals surface area contributed by atoms with Crippen LogP contribution in [0.25, 0.3) is 11.0 Å². The van der Waals surface area contributed by atoms with Crippen molar-refractivity contribution in [2.24, 2.45) is 0 Å². The normalized spacial score (nSPS) is 24.1. The van der Waals surface area contributed by atoms with Gasteiger partial charge >= 0.3 is 0 Å². The lowest BCUT2D eigenvalue weighted by molar-refractivity contribution is 0.0607. The quantitative estimate of drug-likeness (QED) is 0.300. The van der Waals surface area contributed by atoms with Gasteiger partial charge in [0.05, 0.1) is 11.0 Å². The van der Waals surface area contributed by atoms with Crippen LogP contribution in [0.15, 0.2) is 78.9 Å². The second-order valence-electron chi connectivity index (χ2n) is 12.5. The topological polar surface area (TPSA) is 61.6 Å². The first-order chi connectivity index (χ1) is 20.0. The number of piperidine rings is 2. The number of para-hydroxylation sites is 2. The van der Waals surface area contributed by atoms with E-state index in [-0.39, 0.29) is 17.1 Å². The zero-order valence-electron chi connectivity index (χ0n) is 24.0. The molecule has 6 heteroatoms. The number of carbonyl (C=O) groups excluding carboxylic acids is 1. The van der Waals surface area contributed by atoms with E-state index in [9.17, 15) is 9.90 Å². The van der Waals surface area contributed by atoms with Gasteiger partial charge in [0, 0.05) is 36.8 Å². The summed E-state index contributed by atoms with van der Waals surface area (Å²) in [5.41, 5.74) is 4.54. The Morgan fingerprint density at radius 2 is 1.54 bits per heavy atom. The molecule has 3 aromatic carbocycles. The first-order valence-electron chi connectivity index (χ1n) is 15.3. The Hall–Kier alpha value is -3.64.